The SMILES string of the molecule is CC(Br)(C(O)O)[N+](=O)[O-].N#CCCC(Br)(C#N)CBr.NC(=NCCCCCCN=C(N)N=C(N)Nc1ccc(Cl)cc1)N=C(N)Nc1ccc(Cl)cc1.O=[N+]([O-])C1(Br)COCOC1. The molecule has 28 heteroatoms. The van der Waals surface area contributed by atoms with Crippen molar-refractivity contribution in [2.75, 3.05) is 49.1 Å². The van der Waals surface area contributed by atoms with E-state index in [0.717, 1.165) is 44.0 Å². The molecule has 2 atom stereocenters. The average molecular weight is 1180 g/mol. The van der Waals surface area contributed by atoms with Crippen LogP contribution in [0, 0.1) is 42.9 Å². The summed E-state index contributed by atoms with van der Waals surface area (Å²) in [7, 11) is 0. The number of aliphatic hydroxyl groups is 2. The van der Waals surface area contributed by atoms with Crippen LogP contribution in [0.5, 0.6) is 0 Å². The van der Waals surface area contributed by atoms with E-state index in [-0.39, 0.29) is 43.8 Å². The number of hydrogen-bond acceptors (Lipinski definition) is 12. The molecule has 0 radical (unpaired) electrons. The summed E-state index contributed by atoms with van der Waals surface area (Å²) in [5.74, 6) is 0.564. The number of ether oxygens (including phenoxy) is 2. The summed E-state index contributed by atoms with van der Waals surface area (Å²) in [5.41, 5.74) is 24.8. The molecule has 0 saturated carbocycles. The van der Waals surface area contributed by atoms with Crippen molar-refractivity contribution in [2.24, 2.45) is 42.9 Å². The van der Waals surface area contributed by atoms with Gasteiger partial charge in [0.1, 0.15) is 24.3 Å². The molecule has 2 aromatic rings. The minimum absolute atomic E-state index is 0.0556. The molecule has 1 saturated heterocycles. The van der Waals surface area contributed by atoms with Crippen molar-refractivity contribution in [3.63, 3.8) is 0 Å². The van der Waals surface area contributed by atoms with Gasteiger partial charge in [0.05, 0.1) is 12.1 Å². The van der Waals surface area contributed by atoms with Gasteiger partial charge in [-0.05, 0) is 67.8 Å². The van der Waals surface area contributed by atoms with Gasteiger partial charge in [0.2, 0.25) is 30.1 Å². The molecule has 1 aliphatic rings. The average Bonchev–Trinajstić information content (AvgIpc) is 3.23. The molecule has 1 aliphatic heterocycles. The van der Waals surface area contributed by atoms with Crippen LogP contribution in [-0.2, 0) is 9.47 Å². The first-order valence-corrected chi connectivity index (χ1v) is 22.3. The van der Waals surface area contributed by atoms with Gasteiger partial charge < -0.3 is 53.3 Å². The van der Waals surface area contributed by atoms with E-state index >= 15 is 0 Å². The van der Waals surface area contributed by atoms with E-state index in [1.807, 2.05) is 6.07 Å². The fourth-order valence-corrected chi connectivity index (χ4v) is 4.98. The maximum Gasteiger partial charge on any atom is 0.321 e. The zero-order valence-electron chi connectivity index (χ0n) is 33.7. The molecule has 22 nitrogen and oxygen atoms in total. The Labute approximate surface area is 407 Å². The molecule has 0 bridgehead atoms. The first-order valence-electron chi connectivity index (χ1n) is 18.1. The zero-order valence-corrected chi connectivity index (χ0v) is 41.5. The van der Waals surface area contributed by atoms with Crippen LogP contribution in [0.1, 0.15) is 45.4 Å². The molecule has 1 heterocycles. The third-order valence-electron chi connectivity index (χ3n) is 7.33. The van der Waals surface area contributed by atoms with Crippen LogP contribution >= 0.6 is 86.9 Å². The van der Waals surface area contributed by atoms with Gasteiger partial charge in [-0.25, -0.2) is 0 Å². The highest BCUT2D eigenvalue weighted by Crippen LogP contribution is 2.25. The van der Waals surface area contributed by atoms with Crippen LogP contribution < -0.4 is 33.6 Å². The van der Waals surface area contributed by atoms with E-state index in [4.69, 9.17) is 76.3 Å². The second-order valence-corrected chi connectivity index (χ2v) is 18.7. The Hall–Kier alpha value is -3.96. The largest absolute Gasteiger partial charge is 0.369 e. The lowest BCUT2D eigenvalue weighted by Crippen LogP contribution is -2.45. The van der Waals surface area contributed by atoms with E-state index in [1.165, 1.54) is 0 Å². The number of halogens is 6. The van der Waals surface area contributed by atoms with Crippen molar-refractivity contribution >= 4 is 122 Å². The number of nitrogens with two attached hydrogens (primary N) is 4. The van der Waals surface area contributed by atoms with Gasteiger partial charge >= 0.3 is 8.90 Å². The Morgan fingerprint density at radius 2 is 1.29 bits per heavy atom. The lowest BCUT2D eigenvalue weighted by Gasteiger charge is -2.23. The molecule has 0 spiro atoms. The highest BCUT2D eigenvalue weighted by atomic mass is 79.9. The molecule has 0 aliphatic carbocycles. The molecule has 348 valence electrons. The quantitative estimate of drug-likeness (QED) is 0.0154. The first kappa shape index (κ1) is 59.0. The standard InChI is InChI=1S/C22H30Cl2N10.C6H6Br2N2.C4H6BrNO4.C3H6BrNO4/c23-15-5-9-17(10-6-15)31-21(27)33-19(25)29-13-3-1-2-4-14-30-20(26)34-22(28)32-18-11-7-16(24)8-12-18;7-4-6(8,5-10)2-1-3-9;5-4(6(7)8)1-9-3-10-2-4;1-3(4,2(6)7)5(8)9/h5-12H,1-4,13-14H2,(H5,25,27,29,31,33)(H5,26,28,30,32,34);1-2,4H2;1-3H2;2,6-7H,1H3. The second-order valence-electron chi connectivity index (χ2n) is 12.7. The summed E-state index contributed by atoms with van der Waals surface area (Å²) in [6.45, 7) is 2.43. The lowest BCUT2D eigenvalue weighted by molar-refractivity contribution is -0.555. The monoisotopic (exact) mass is 1180 g/mol. The summed E-state index contributed by atoms with van der Waals surface area (Å²) >= 11 is 23.5. The molecule has 2 aromatic carbocycles. The third kappa shape index (κ3) is 27.1. The number of nitriles is 2. The normalized spacial score (nSPS) is 15.7. The van der Waals surface area contributed by atoms with Gasteiger partial charge in [0, 0.05) is 94.9 Å². The Morgan fingerprint density at radius 3 is 1.57 bits per heavy atom. The van der Waals surface area contributed by atoms with Gasteiger partial charge in [-0.1, -0.05) is 67.9 Å². The second kappa shape index (κ2) is 31.8. The van der Waals surface area contributed by atoms with Crippen LogP contribution in [0.25, 0.3) is 0 Å². The molecule has 0 aromatic heterocycles. The molecule has 12 N–H and O–H groups in total. The van der Waals surface area contributed by atoms with Crippen molar-refractivity contribution in [1.82, 2.24) is 0 Å². The maximum atomic E-state index is 10.3. The van der Waals surface area contributed by atoms with Crippen LogP contribution in [0.3, 0.4) is 0 Å². The minimum atomic E-state index is -1.99. The van der Waals surface area contributed by atoms with E-state index in [9.17, 15) is 20.2 Å². The van der Waals surface area contributed by atoms with Gasteiger partial charge in [-0.15, -0.1) is 0 Å². The summed E-state index contributed by atoms with van der Waals surface area (Å²) in [6.07, 6.45) is 2.66. The Bertz CT molecular complexity index is 1830. The van der Waals surface area contributed by atoms with Crippen molar-refractivity contribution in [1.29, 1.82) is 10.5 Å². The fraction of sp³-hybridized carbons (Fsp3) is 0.486. The number of guanidine groups is 4. The zero-order chi connectivity index (χ0) is 48.1. The predicted molar refractivity (Wildman–Crippen MR) is 259 cm³/mol. The van der Waals surface area contributed by atoms with Crippen LogP contribution in [0.4, 0.5) is 11.4 Å². The number of nitrogens with one attached hydrogen (secondary N) is 2. The number of benzene rings is 2. The number of nitro groups is 2. The maximum absolute atomic E-state index is 10.3. The Balaban J connectivity index is 0.00000106. The van der Waals surface area contributed by atoms with Gasteiger partial charge in [-0.3, -0.25) is 30.2 Å². The van der Waals surface area contributed by atoms with Gasteiger partial charge in [0.15, 0.2) is 0 Å². The van der Waals surface area contributed by atoms with E-state index in [1.54, 1.807) is 48.5 Å². The third-order valence-corrected chi connectivity index (χ3v) is 11.8. The molecule has 63 heavy (non-hydrogen) atoms. The molecule has 0 amide bonds. The molecule has 1 fully saturated rings. The number of hydrogen-bond donors (Lipinski definition) is 8. The Morgan fingerprint density at radius 1 is 0.873 bits per heavy atom. The smallest absolute Gasteiger partial charge is 0.321 e. The lowest BCUT2D eigenvalue weighted by atomic mass is 10.1. The van der Waals surface area contributed by atoms with Crippen molar-refractivity contribution in [2.45, 2.75) is 65.0 Å². The highest BCUT2D eigenvalue weighted by Gasteiger charge is 2.43. The topological polar surface area (TPSA) is 370 Å². The predicted octanol–water partition coefficient (Wildman–Crippen LogP) is 5.72. The fourth-order valence-electron chi connectivity index (χ4n) is 3.80. The molecular weight excluding hydrogens is 1130 g/mol. The minimum Gasteiger partial charge on any atom is -0.369 e. The van der Waals surface area contributed by atoms with Crippen LogP contribution in [0.15, 0.2) is 68.5 Å². The Kier molecular flexibility index (Phi) is 29.8. The number of unbranched alkanes of at least 4 members (excludes halogenated alkanes) is 3. The van der Waals surface area contributed by atoms with Crippen molar-refractivity contribution < 1.29 is 29.5 Å². The van der Waals surface area contributed by atoms with Crippen molar-refractivity contribution in [3.8, 4) is 12.1 Å². The number of aliphatic hydroxyl groups excluding tert-OH is 1. The summed E-state index contributed by atoms with van der Waals surface area (Å²) in [4.78, 5) is 35.4. The number of rotatable bonds is 15. The number of alkyl halides is 4. The van der Waals surface area contributed by atoms with Crippen molar-refractivity contribution in [3.05, 3.63) is 78.8 Å². The van der Waals surface area contributed by atoms with Gasteiger partial charge in [-0.2, -0.15) is 20.5 Å². The number of aliphatic imine (C=N–C) groups is 4. The summed E-state index contributed by atoms with van der Waals surface area (Å²) in [6, 6.07) is 18.2. The molecular formula is C35H48Br4Cl2N14O8. The van der Waals surface area contributed by atoms with Crippen LogP contribution in [0.2, 0.25) is 10.0 Å². The number of nitrogens with zero attached hydrogens (tertiary/aromatic N) is 8. The number of anilines is 2. The van der Waals surface area contributed by atoms with E-state index in [0.29, 0.717) is 41.3 Å². The first-order chi connectivity index (χ1) is 29.5. The van der Waals surface area contributed by atoms with E-state index in [2.05, 4.69) is 100 Å². The van der Waals surface area contributed by atoms with Crippen LogP contribution in [-0.4, -0.2) is 102 Å². The summed E-state index contributed by atoms with van der Waals surface area (Å²) in [5, 5.41) is 61.3. The summed E-state index contributed by atoms with van der Waals surface area (Å²) < 4.78 is 5.83. The van der Waals surface area contributed by atoms with Gasteiger partial charge in [0.25, 0.3) is 0 Å². The van der Waals surface area contributed by atoms with E-state index < -0.39 is 29.4 Å². The molecule has 3 rings (SSSR count). The molecule has 2 unspecified atom stereocenters. The highest BCUT2D eigenvalue weighted by molar-refractivity contribution is 9.12.